The Kier molecular flexibility index (Phi) is 4.11. The van der Waals surface area contributed by atoms with Crippen LogP contribution >= 0.6 is 22.9 Å². The predicted molar refractivity (Wildman–Crippen MR) is 103 cm³/mol. The molecule has 0 unspecified atom stereocenters. The van der Waals surface area contributed by atoms with Crippen molar-refractivity contribution in [3.8, 4) is 5.00 Å². The largest absolute Gasteiger partial charge is 0.477 e. The third-order valence-corrected chi connectivity index (χ3v) is 5.52. The highest BCUT2D eigenvalue weighted by atomic mass is 35.5. The molecule has 26 heavy (non-hydrogen) atoms. The number of carboxylic acid groups (broad SMARTS) is 1. The van der Waals surface area contributed by atoms with E-state index in [9.17, 15) is 9.59 Å². The summed E-state index contributed by atoms with van der Waals surface area (Å²) >= 11 is 7.35. The van der Waals surface area contributed by atoms with E-state index < -0.39 is 5.97 Å². The Morgan fingerprint density at radius 2 is 1.65 bits per heavy atom. The first kappa shape index (κ1) is 16.6. The average Bonchev–Trinajstić information content (AvgIpc) is 3.26. The van der Waals surface area contributed by atoms with Gasteiger partial charge < -0.3 is 9.67 Å². The fourth-order valence-corrected chi connectivity index (χ4v) is 3.96. The van der Waals surface area contributed by atoms with Crippen LogP contribution in [0.3, 0.4) is 0 Å². The SMILES string of the molecule is O=C(O)c1ccc(-n2cc(C(=O)c3ccccc3Cl)c3ccccc32)s1. The summed E-state index contributed by atoms with van der Waals surface area (Å²) in [5.74, 6) is -1.13. The van der Waals surface area contributed by atoms with Crippen LogP contribution in [0.4, 0.5) is 0 Å². The Hall–Kier alpha value is -2.89. The number of hydrogen-bond donors (Lipinski definition) is 1. The molecule has 2 heterocycles. The summed E-state index contributed by atoms with van der Waals surface area (Å²) in [5, 5.41) is 11.1. The van der Waals surface area contributed by atoms with E-state index in [4.69, 9.17) is 16.7 Å². The van der Waals surface area contributed by atoms with E-state index in [2.05, 4.69) is 0 Å². The van der Waals surface area contributed by atoms with Gasteiger partial charge in [-0.05, 0) is 30.3 Å². The van der Waals surface area contributed by atoms with Crippen LogP contribution in [0.2, 0.25) is 5.02 Å². The minimum Gasteiger partial charge on any atom is -0.477 e. The maximum atomic E-state index is 13.1. The Balaban J connectivity index is 1.90. The van der Waals surface area contributed by atoms with Gasteiger partial charge in [-0.15, -0.1) is 11.3 Å². The van der Waals surface area contributed by atoms with Crippen molar-refractivity contribution in [3.63, 3.8) is 0 Å². The zero-order chi connectivity index (χ0) is 18.3. The summed E-state index contributed by atoms with van der Waals surface area (Å²) in [6.07, 6.45) is 1.74. The van der Waals surface area contributed by atoms with Crippen LogP contribution in [-0.2, 0) is 0 Å². The molecule has 4 aromatic rings. The van der Waals surface area contributed by atoms with Crippen molar-refractivity contribution in [1.29, 1.82) is 0 Å². The first-order chi connectivity index (χ1) is 12.6. The molecule has 0 fully saturated rings. The van der Waals surface area contributed by atoms with E-state index in [-0.39, 0.29) is 10.7 Å². The number of carbonyl (C=O) groups is 2. The van der Waals surface area contributed by atoms with Gasteiger partial charge >= 0.3 is 5.97 Å². The van der Waals surface area contributed by atoms with Crippen LogP contribution in [0.5, 0.6) is 0 Å². The Morgan fingerprint density at radius 3 is 2.38 bits per heavy atom. The molecule has 0 bridgehead atoms. The molecule has 0 aliphatic heterocycles. The van der Waals surface area contributed by atoms with Crippen LogP contribution in [0.1, 0.15) is 25.6 Å². The number of ketones is 1. The van der Waals surface area contributed by atoms with E-state index in [1.165, 1.54) is 0 Å². The minimum absolute atomic E-state index is 0.166. The van der Waals surface area contributed by atoms with E-state index in [1.807, 2.05) is 28.8 Å². The number of aromatic nitrogens is 1. The van der Waals surface area contributed by atoms with Crippen LogP contribution in [0.15, 0.2) is 66.9 Å². The van der Waals surface area contributed by atoms with Crippen molar-refractivity contribution in [3.05, 3.63) is 87.9 Å². The molecule has 0 atom stereocenters. The lowest BCUT2D eigenvalue weighted by Crippen LogP contribution is -2.01. The Bertz CT molecular complexity index is 1160. The van der Waals surface area contributed by atoms with E-state index >= 15 is 0 Å². The Labute approximate surface area is 157 Å². The predicted octanol–water partition coefficient (Wildman–Crippen LogP) is 5.27. The van der Waals surface area contributed by atoms with E-state index in [0.717, 1.165) is 27.2 Å². The lowest BCUT2D eigenvalue weighted by molar-refractivity contribution is 0.0702. The van der Waals surface area contributed by atoms with E-state index in [0.29, 0.717) is 16.1 Å². The number of fused-ring (bicyclic) bond motifs is 1. The third kappa shape index (κ3) is 2.71. The molecule has 0 aliphatic carbocycles. The van der Waals surface area contributed by atoms with Crippen molar-refractivity contribution in [1.82, 2.24) is 4.57 Å². The second-order valence-electron chi connectivity index (χ2n) is 5.68. The highest BCUT2D eigenvalue weighted by Crippen LogP contribution is 2.31. The number of para-hydroxylation sites is 1. The molecule has 6 heteroatoms. The molecule has 1 N–H and O–H groups in total. The summed E-state index contributed by atoms with van der Waals surface area (Å²) in [7, 11) is 0. The molecule has 0 saturated carbocycles. The number of aromatic carboxylic acids is 1. The van der Waals surface area contributed by atoms with Gasteiger partial charge in [-0.25, -0.2) is 4.79 Å². The van der Waals surface area contributed by atoms with Gasteiger partial charge in [0, 0.05) is 22.7 Å². The third-order valence-electron chi connectivity index (χ3n) is 4.12. The van der Waals surface area contributed by atoms with Gasteiger partial charge in [-0.3, -0.25) is 4.79 Å². The maximum absolute atomic E-state index is 13.1. The van der Waals surface area contributed by atoms with E-state index in [1.54, 1.807) is 42.6 Å². The summed E-state index contributed by atoms with van der Waals surface area (Å²) in [6.45, 7) is 0. The highest BCUT2D eigenvalue weighted by molar-refractivity contribution is 7.16. The molecular formula is C20H12ClNO3S. The quantitative estimate of drug-likeness (QED) is 0.489. The van der Waals surface area contributed by atoms with Crippen molar-refractivity contribution in [2.75, 3.05) is 0 Å². The molecule has 0 radical (unpaired) electrons. The fraction of sp³-hybridized carbons (Fsp3) is 0. The molecule has 0 aliphatic rings. The first-order valence-corrected chi connectivity index (χ1v) is 8.98. The lowest BCUT2D eigenvalue weighted by Gasteiger charge is -2.01. The standard InChI is InChI=1S/C20H12ClNO3S/c21-15-7-3-1-6-13(15)19(23)14-11-22(16-8-4-2-5-12(14)16)18-10-9-17(26-18)20(24)25/h1-11H,(H,24,25). The van der Waals surface area contributed by atoms with Gasteiger partial charge in [-0.1, -0.05) is 41.9 Å². The topological polar surface area (TPSA) is 59.3 Å². The minimum atomic E-state index is -0.968. The fourth-order valence-electron chi connectivity index (χ4n) is 2.91. The number of nitrogens with zero attached hydrogens (tertiary/aromatic N) is 1. The molecule has 0 amide bonds. The summed E-state index contributed by atoms with van der Waals surface area (Å²) < 4.78 is 1.84. The zero-order valence-corrected chi connectivity index (χ0v) is 14.9. The number of thiophene rings is 1. The number of hydrogen-bond acceptors (Lipinski definition) is 3. The van der Waals surface area contributed by atoms with Gasteiger partial charge in [0.15, 0.2) is 5.78 Å². The Morgan fingerprint density at radius 1 is 0.923 bits per heavy atom. The van der Waals surface area contributed by atoms with Crippen molar-refractivity contribution >= 4 is 45.6 Å². The normalized spacial score (nSPS) is 11.0. The van der Waals surface area contributed by atoms with Crippen molar-refractivity contribution in [2.24, 2.45) is 0 Å². The molecule has 4 nitrogen and oxygen atoms in total. The van der Waals surface area contributed by atoms with Crippen LogP contribution in [0.25, 0.3) is 15.9 Å². The van der Waals surface area contributed by atoms with Crippen LogP contribution in [0, 0.1) is 0 Å². The number of carboxylic acids is 1. The van der Waals surface area contributed by atoms with Gasteiger partial charge in [0.05, 0.1) is 10.5 Å². The lowest BCUT2D eigenvalue weighted by atomic mass is 10.0. The molecule has 0 spiro atoms. The van der Waals surface area contributed by atoms with Gasteiger partial charge in [0.1, 0.15) is 9.88 Å². The average molecular weight is 382 g/mol. The van der Waals surface area contributed by atoms with Crippen LogP contribution in [-0.4, -0.2) is 21.4 Å². The van der Waals surface area contributed by atoms with Crippen molar-refractivity contribution < 1.29 is 14.7 Å². The second kappa shape index (κ2) is 6.44. The van der Waals surface area contributed by atoms with Gasteiger partial charge in [0.2, 0.25) is 0 Å². The molecule has 2 aromatic carbocycles. The highest BCUT2D eigenvalue weighted by Gasteiger charge is 2.20. The monoisotopic (exact) mass is 381 g/mol. The molecule has 0 saturated heterocycles. The number of rotatable bonds is 4. The molecule has 2 aromatic heterocycles. The second-order valence-corrected chi connectivity index (χ2v) is 7.15. The summed E-state index contributed by atoms with van der Waals surface area (Å²) in [4.78, 5) is 24.5. The zero-order valence-electron chi connectivity index (χ0n) is 13.3. The van der Waals surface area contributed by atoms with Crippen molar-refractivity contribution in [2.45, 2.75) is 0 Å². The molecule has 128 valence electrons. The summed E-state index contributed by atoms with van der Waals surface area (Å²) in [5.41, 5.74) is 1.80. The summed E-state index contributed by atoms with van der Waals surface area (Å²) in [6, 6.07) is 17.8. The molecule has 4 rings (SSSR count). The first-order valence-electron chi connectivity index (χ1n) is 7.79. The van der Waals surface area contributed by atoms with Gasteiger partial charge in [-0.2, -0.15) is 0 Å². The van der Waals surface area contributed by atoms with Crippen LogP contribution < -0.4 is 0 Å². The maximum Gasteiger partial charge on any atom is 0.345 e. The van der Waals surface area contributed by atoms with Gasteiger partial charge in [0.25, 0.3) is 0 Å². The smallest absolute Gasteiger partial charge is 0.345 e. The number of benzene rings is 2. The number of halogens is 1. The number of carbonyl (C=O) groups excluding carboxylic acids is 1. The molecular weight excluding hydrogens is 370 g/mol.